The highest BCUT2D eigenvalue weighted by molar-refractivity contribution is 7.99. The Morgan fingerprint density at radius 3 is 2.82 bits per heavy atom. The van der Waals surface area contributed by atoms with E-state index in [9.17, 15) is 4.79 Å². The predicted octanol–water partition coefficient (Wildman–Crippen LogP) is 1.25. The summed E-state index contributed by atoms with van der Waals surface area (Å²) in [5, 5.41) is 8.98. The van der Waals surface area contributed by atoms with Crippen LogP contribution in [0, 0.1) is 17.2 Å². The van der Waals surface area contributed by atoms with Gasteiger partial charge in [-0.15, -0.1) is 12.4 Å². The van der Waals surface area contributed by atoms with Gasteiger partial charge in [0.25, 0.3) is 0 Å². The SMILES string of the molecule is CC(C)CC(N)C(=O)N1CCSCC1C#N.Cl. The number of hydrogen-bond acceptors (Lipinski definition) is 4. The fraction of sp³-hybridized carbons (Fsp3) is 0.818. The van der Waals surface area contributed by atoms with Gasteiger partial charge in [0.05, 0.1) is 12.1 Å². The lowest BCUT2D eigenvalue weighted by atomic mass is 10.0. The van der Waals surface area contributed by atoms with Gasteiger partial charge in [-0.05, 0) is 12.3 Å². The van der Waals surface area contributed by atoms with Crippen molar-refractivity contribution in [2.45, 2.75) is 32.4 Å². The van der Waals surface area contributed by atoms with Crippen LogP contribution < -0.4 is 5.73 Å². The second-order valence-electron chi connectivity index (χ2n) is 4.49. The summed E-state index contributed by atoms with van der Waals surface area (Å²) < 4.78 is 0. The average molecular weight is 278 g/mol. The van der Waals surface area contributed by atoms with Crippen molar-refractivity contribution in [3.63, 3.8) is 0 Å². The topological polar surface area (TPSA) is 70.1 Å². The lowest BCUT2D eigenvalue weighted by Gasteiger charge is -2.33. The lowest BCUT2D eigenvalue weighted by molar-refractivity contribution is -0.133. The number of hydrogen-bond donors (Lipinski definition) is 1. The molecule has 4 nitrogen and oxygen atoms in total. The molecule has 2 unspecified atom stereocenters. The van der Waals surface area contributed by atoms with Crippen molar-refractivity contribution in [2.75, 3.05) is 18.1 Å². The lowest BCUT2D eigenvalue weighted by Crippen LogP contribution is -2.52. The van der Waals surface area contributed by atoms with Crippen LogP contribution in [0.1, 0.15) is 20.3 Å². The Balaban J connectivity index is 0.00000256. The second-order valence-corrected chi connectivity index (χ2v) is 5.64. The van der Waals surface area contributed by atoms with E-state index < -0.39 is 6.04 Å². The quantitative estimate of drug-likeness (QED) is 0.843. The molecule has 2 N–H and O–H groups in total. The summed E-state index contributed by atoms with van der Waals surface area (Å²) in [6.07, 6.45) is 0.681. The molecule has 0 bridgehead atoms. The zero-order valence-electron chi connectivity index (χ0n) is 10.3. The maximum atomic E-state index is 12.0. The van der Waals surface area contributed by atoms with Gasteiger partial charge in [0.1, 0.15) is 6.04 Å². The number of rotatable bonds is 3. The Bertz CT molecular complexity index is 293. The van der Waals surface area contributed by atoms with Crippen LogP contribution in [0.25, 0.3) is 0 Å². The molecule has 0 saturated carbocycles. The minimum Gasteiger partial charge on any atom is -0.324 e. The maximum Gasteiger partial charge on any atom is 0.240 e. The van der Waals surface area contributed by atoms with E-state index in [0.717, 1.165) is 5.75 Å². The van der Waals surface area contributed by atoms with Gasteiger partial charge in [0, 0.05) is 18.1 Å². The fourth-order valence-corrected chi connectivity index (χ4v) is 2.77. The standard InChI is InChI=1S/C11H19N3OS.ClH/c1-8(2)5-10(13)11(15)14-3-4-16-7-9(14)6-12;/h8-10H,3-5,7,13H2,1-2H3;1H. The number of thioether (sulfide) groups is 1. The smallest absolute Gasteiger partial charge is 0.240 e. The Morgan fingerprint density at radius 2 is 2.29 bits per heavy atom. The van der Waals surface area contributed by atoms with Crippen molar-refractivity contribution in [2.24, 2.45) is 11.7 Å². The highest BCUT2D eigenvalue weighted by Crippen LogP contribution is 2.17. The molecule has 0 radical (unpaired) electrons. The fourth-order valence-electron chi connectivity index (χ4n) is 1.80. The number of amides is 1. The maximum absolute atomic E-state index is 12.0. The normalized spacial score (nSPS) is 21.6. The Labute approximate surface area is 113 Å². The zero-order chi connectivity index (χ0) is 12.1. The van der Waals surface area contributed by atoms with E-state index >= 15 is 0 Å². The number of nitrogens with two attached hydrogens (primary N) is 1. The first-order valence-electron chi connectivity index (χ1n) is 5.59. The highest BCUT2D eigenvalue weighted by atomic mass is 35.5. The van der Waals surface area contributed by atoms with Crippen LogP contribution in [0.2, 0.25) is 0 Å². The molecule has 98 valence electrons. The zero-order valence-corrected chi connectivity index (χ0v) is 11.9. The van der Waals surface area contributed by atoms with Crippen LogP contribution in [0.3, 0.4) is 0 Å². The minimum atomic E-state index is -0.459. The van der Waals surface area contributed by atoms with Gasteiger partial charge in [-0.2, -0.15) is 17.0 Å². The van der Waals surface area contributed by atoms with E-state index in [4.69, 9.17) is 11.0 Å². The largest absolute Gasteiger partial charge is 0.324 e. The number of carbonyl (C=O) groups is 1. The van der Waals surface area contributed by atoms with E-state index in [0.29, 0.717) is 24.6 Å². The summed E-state index contributed by atoms with van der Waals surface area (Å²) >= 11 is 1.72. The van der Waals surface area contributed by atoms with Gasteiger partial charge in [0.15, 0.2) is 0 Å². The molecule has 0 aromatic heterocycles. The summed E-state index contributed by atoms with van der Waals surface area (Å²) in [5.74, 6) is 1.94. The molecule has 2 atom stereocenters. The van der Waals surface area contributed by atoms with Crippen LogP contribution in [-0.4, -0.2) is 40.9 Å². The van der Waals surface area contributed by atoms with Gasteiger partial charge in [-0.1, -0.05) is 13.8 Å². The number of nitrogens with zero attached hydrogens (tertiary/aromatic N) is 2. The highest BCUT2D eigenvalue weighted by Gasteiger charge is 2.30. The van der Waals surface area contributed by atoms with E-state index in [2.05, 4.69) is 6.07 Å². The van der Waals surface area contributed by atoms with Crippen molar-refractivity contribution in [1.82, 2.24) is 4.90 Å². The van der Waals surface area contributed by atoms with Crippen molar-refractivity contribution in [3.8, 4) is 6.07 Å². The molecule has 1 heterocycles. The molecule has 17 heavy (non-hydrogen) atoms. The summed E-state index contributed by atoms with van der Waals surface area (Å²) in [5.41, 5.74) is 5.86. The van der Waals surface area contributed by atoms with Crippen molar-refractivity contribution in [1.29, 1.82) is 5.26 Å². The molecule has 0 spiro atoms. The third-order valence-electron chi connectivity index (χ3n) is 2.60. The summed E-state index contributed by atoms with van der Waals surface area (Å²) in [7, 11) is 0. The van der Waals surface area contributed by atoms with Crippen LogP contribution >= 0.6 is 24.2 Å². The molecule has 6 heteroatoms. The van der Waals surface area contributed by atoms with Gasteiger partial charge in [-0.3, -0.25) is 4.79 Å². The first kappa shape index (κ1) is 16.6. The summed E-state index contributed by atoms with van der Waals surface area (Å²) in [6, 6.07) is 1.41. The molecule has 1 fully saturated rings. The molecule has 0 aromatic rings. The van der Waals surface area contributed by atoms with E-state index in [1.54, 1.807) is 16.7 Å². The predicted molar refractivity (Wildman–Crippen MR) is 73.1 cm³/mol. The number of halogens is 1. The molecule has 1 amide bonds. The van der Waals surface area contributed by atoms with E-state index in [-0.39, 0.29) is 24.4 Å². The molecule has 1 rings (SSSR count). The van der Waals surface area contributed by atoms with Crippen molar-refractivity contribution < 1.29 is 4.79 Å². The van der Waals surface area contributed by atoms with Crippen molar-refractivity contribution in [3.05, 3.63) is 0 Å². The van der Waals surface area contributed by atoms with Crippen LogP contribution in [0.5, 0.6) is 0 Å². The first-order chi connectivity index (χ1) is 7.56. The van der Waals surface area contributed by atoms with E-state index in [1.165, 1.54) is 0 Å². The van der Waals surface area contributed by atoms with Gasteiger partial charge >= 0.3 is 0 Å². The molecule has 1 saturated heterocycles. The monoisotopic (exact) mass is 277 g/mol. The average Bonchev–Trinajstić information content (AvgIpc) is 2.27. The summed E-state index contributed by atoms with van der Waals surface area (Å²) in [4.78, 5) is 13.7. The first-order valence-corrected chi connectivity index (χ1v) is 6.75. The molecular weight excluding hydrogens is 258 g/mol. The van der Waals surface area contributed by atoms with Crippen LogP contribution in [-0.2, 0) is 4.79 Å². The van der Waals surface area contributed by atoms with Gasteiger partial charge in [-0.25, -0.2) is 0 Å². The number of nitriles is 1. The van der Waals surface area contributed by atoms with Crippen molar-refractivity contribution >= 4 is 30.1 Å². The Morgan fingerprint density at radius 1 is 1.65 bits per heavy atom. The second kappa shape index (κ2) is 7.80. The third kappa shape index (κ3) is 4.74. The molecular formula is C11H20ClN3OS. The summed E-state index contributed by atoms with van der Waals surface area (Å²) in [6.45, 7) is 4.73. The third-order valence-corrected chi connectivity index (χ3v) is 3.63. The Kier molecular flexibility index (Phi) is 7.60. The van der Waals surface area contributed by atoms with Gasteiger partial charge < -0.3 is 10.6 Å². The minimum absolute atomic E-state index is 0. The molecule has 0 aromatic carbocycles. The Hall–Kier alpha value is -0.440. The molecule has 1 aliphatic heterocycles. The molecule has 1 aliphatic rings. The van der Waals surface area contributed by atoms with Gasteiger partial charge in [0.2, 0.25) is 5.91 Å². The number of carbonyl (C=O) groups excluding carboxylic acids is 1. The van der Waals surface area contributed by atoms with Crippen LogP contribution in [0.4, 0.5) is 0 Å². The van der Waals surface area contributed by atoms with Crippen LogP contribution in [0.15, 0.2) is 0 Å². The molecule has 0 aliphatic carbocycles. The van der Waals surface area contributed by atoms with E-state index in [1.807, 2.05) is 13.8 Å².